The van der Waals surface area contributed by atoms with Gasteiger partial charge in [-0.3, -0.25) is 14.3 Å². The van der Waals surface area contributed by atoms with Crippen LogP contribution in [0.15, 0.2) is 18.2 Å². The zero-order chi connectivity index (χ0) is 25.4. The number of alkyl halides is 1. The molecule has 2 fully saturated rings. The number of piperazine rings is 1. The maximum atomic E-state index is 14.1. The third kappa shape index (κ3) is 4.83. The van der Waals surface area contributed by atoms with E-state index in [0.717, 1.165) is 66.3 Å². The summed E-state index contributed by atoms with van der Waals surface area (Å²) in [7, 11) is 0. The van der Waals surface area contributed by atoms with E-state index in [1.807, 2.05) is 24.0 Å². The summed E-state index contributed by atoms with van der Waals surface area (Å²) in [6.07, 6.45) is 1.20. The zero-order valence-corrected chi connectivity index (χ0v) is 21.4. The quantitative estimate of drug-likeness (QED) is 0.674. The largest absolute Gasteiger partial charge is 0.390 e. The van der Waals surface area contributed by atoms with Gasteiger partial charge in [-0.05, 0) is 56.7 Å². The van der Waals surface area contributed by atoms with Crippen molar-refractivity contribution < 1.29 is 19.1 Å². The van der Waals surface area contributed by atoms with Gasteiger partial charge >= 0.3 is 0 Å². The molecule has 10 heteroatoms. The number of hydrogen-bond acceptors (Lipinski definition) is 5. The van der Waals surface area contributed by atoms with Crippen LogP contribution in [-0.4, -0.2) is 88.0 Å². The highest BCUT2D eigenvalue weighted by molar-refractivity contribution is 6.31. The first-order chi connectivity index (χ1) is 17.3. The van der Waals surface area contributed by atoms with E-state index in [0.29, 0.717) is 25.3 Å². The van der Waals surface area contributed by atoms with Gasteiger partial charge in [0, 0.05) is 54.7 Å². The second-order valence-corrected chi connectivity index (χ2v) is 10.4. The molecule has 1 aromatic carbocycles. The van der Waals surface area contributed by atoms with Crippen molar-refractivity contribution in [1.82, 2.24) is 19.6 Å². The second kappa shape index (κ2) is 10.4. The van der Waals surface area contributed by atoms with Crippen molar-refractivity contribution >= 4 is 29.1 Å². The topological polar surface area (TPSA) is 81.9 Å². The fraction of sp³-hybridized carbons (Fsp3) is 0.577. The molecule has 194 valence electrons. The number of aromatic nitrogens is 2. The van der Waals surface area contributed by atoms with E-state index in [2.05, 4.69) is 16.1 Å². The van der Waals surface area contributed by atoms with Gasteiger partial charge in [0.05, 0.1) is 12.6 Å². The summed E-state index contributed by atoms with van der Waals surface area (Å²) in [5, 5.41) is 15.0. The number of halogens is 2. The van der Waals surface area contributed by atoms with Crippen molar-refractivity contribution in [1.29, 1.82) is 0 Å². The van der Waals surface area contributed by atoms with E-state index in [1.54, 1.807) is 4.68 Å². The number of aliphatic hydroxyl groups excluding tert-OH is 1. The molecule has 0 bridgehead atoms. The van der Waals surface area contributed by atoms with Crippen LogP contribution in [0.5, 0.6) is 0 Å². The van der Waals surface area contributed by atoms with Crippen LogP contribution >= 0.6 is 11.6 Å². The van der Waals surface area contributed by atoms with Crippen LogP contribution in [0.1, 0.15) is 46.6 Å². The van der Waals surface area contributed by atoms with E-state index in [4.69, 9.17) is 11.6 Å². The number of nitrogens with zero attached hydrogens (tertiary/aromatic N) is 5. The summed E-state index contributed by atoms with van der Waals surface area (Å²) >= 11 is 6.29. The molecule has 5 rings (SSSR count). The molecule has 2 aromatic rings. The molecule has 0 unspecified atom stereocenters. The molecular weight excluding hydrogens is 485 g/mol. The Morgan fingerprint density at radius 3 is 2.61 bits per heavy atom. The molecule has 1 aliphatic carbocycles. The lowest BCUT2D eigenvalue weighted by Gasteiger charge is -2.37. The molecule has 36 heavy (non-hydrogen) atoms. The fourth-order valence-corrected chi connectivity index (χ4v) is 5.73. The highest BCUT2D eigenvalue weighted by Crippen LogP contribution is 2.29. The Morgan fingerprint density at radius 1 is 1.11 bits per heavy atom. The predicted octanol–water partition coefficient (Wildman–Crippen LogP) is 2.62. The Bertz CT molecular complexity index is 1150. The minimum Gasteiger partial charge on any atom is -0.390 e. The van der Waals surface area contributed by atoms with Crippen molar-refractivity contribution in [3.8, 4) is 0 Å². The molecule has 1 aromatic heterocycles. The van der Waals surface area contributed by atoms with Crippen molar-refractivity contribution in [2.75, 3.05) is 44.2 Å². The van der Waals surface area contributed by atoms with Crippen molar-refractivity contribution in [3.63, 3.8) is 0 Å². The smallest absolute Gasteiger partial charge is 0.274 e. The Labute approximate surface area is 215 Å². The summed E-state index contributed by atoms with van der Waals surface area (Å²) in [5.74, 6) is -0.323. The maximum Gasteiger partial charge on any atom is 0.274 e. The van der Waals surface area contributed by atoms with Gasteiger partial charge in [-0.25, -0.2) is 4.39 Å². The Kier molecular flexibility index (Phi) is 7.21. The number of piperidine rings is 1. The molecule has 1 N–H and O–H groups in total. The van der Waals surface area contributed by atoms with Gasteiger partial charge in [0.1, 0.15) is 12.7 Å². The lowest BCUT2D eigenvalue weighted by molar-refractivity contribution is -0.132. The zero-order valence-electron chi connectivity index (χ0n) is 20.6. The highest BCUT2D eigenvalue weighted by Gasteiger charge is 2.34. The number of carbonyl (C=O) groups excluding carboxylic acids is 2. The van der Waals surface area contributed by atoms with Crippen LogP contribution in [0.25, 0.3) is 0 Å². The van der Waals surface area contributed by atoms with Gasteiger partial charge < -0.3 is 19.8 Å². The fourth-order valence-electron chi connectivity index (χ4n) is 5.56. The molecule has 2 amide bonds. The van der Waals surface area contributed by atoms with Crippen LogP contribution in [0.4, 0.5) is 10.1 Å². The van der Waals surface area contributed by atoms with Crippen molar-refractivity contribution in [2.45, 2.75) is 57.8 Å². The summed E-state index contributed by atoms with van der Waals surface area (Å²) in [5.41, 5.74) is 4.31. The molecule has 2 atom stereocenters. The average molecular weight is 518 g/mol. The summed E-state index contributed by atoms with van der Waals surface area (Å²) < 4.78 is 15.8. The normalized spacial score (nSPS) is 22.5. The number of carbonyl (C=O) groups is 2. The van der Waals surface area contributed by atoms with Crippen molar-refractivity contribution in [2.24, 2.45) is 0 Å². The summed E-state index contributed by atoms with van der Waals surface area (Å²) in [6, 6.07) is 5.89. The monoisotopic (exact) mass is 517 g/mol. The second-order valence-electron chi connectivity index (χ2n) is 10.0. The van der Waals surface area contributed by atoms with Gasteiger partial charge in [-0.2, -0.15) is 5.10 Å². The Morgan fingerprint density at radius 2 is 1.86 bits per heavy atom. The number of hydrogen-bond donors (Lipinski definition) is 1. The lowest BCUT2D eigenvalue weighted by atomic mass is 9.95. The molecule has 2 aliphatic heterocycles. The van der Waals surface area contributed by atoms with E-state index in [-0.39, 0.29) is 31.3 Å². The Balaban J connectivity index is 1.27. The van der Waals surface area contributed by atoms with Gasteiger partial charge in [0.2, 0.25) is 5.91 Å². The number of aliphatic hydroxyl groups is 1. The van der Waals surface area contributed by atoms with Crippen LogP contribution in [-0.2, 0) is 24.2 Å². The minimum absolute atomic E-state index is 0.0164. The van der Waals surface area contributed by atoms with Gasteiger partial charge in [-0.1, -0.05) is 17.7 Å². The van der Waals surface area contributed by atoms with E-state index in [9.17, 15) is 19.1 Å². The first-order valence-corrected chi connectivity index (χ1v) is 13.2. The molecule has 0 radical (unpaired) electrons. The molecule has 8 nitrogen and oxygen atoms in total. The number of likely N-dealkylation sites (tertiary alicyclic amines) is 1. The third-order valence-corrected chi connectivity index (χ3v) is 8.16. The third-order valence-electron chi connectivity index (χ3n) is 7.75. The molecule has 3 aliphatic rings. The van der Waals surface area contributed by atoms with E-state index >= 15 is 0 Å². The van der Waals surface area contributed by atoms with Crippen LogP contribution < -0.4 is 4.90 Å². The van der Waals surface area contributed by atoms with Crippen LogP contribution in [0, 0.1) is 6.92 Å². The summed E-state index contributed by atoms with van der Waals surface area (Å²) in [4.78, 5) is 32.0. The van der Waals surface area contributed by atoms with E-state index < -0.39 is 12.3 Å². The standard InChI is InChI=1S/C26H33ClFN5O3/c1-17-19(27)6-4-8-21(17)30-11-13-31(14-12-30)24(35)16-33-22-7-3-2-5-18(22)25(29-33)26(36)32-10-9-23(34)20(28)15-32/h4,6,8,20,23,34H,2-3,5,7,9-16H2,1H3/t20-,23-/m0/s1. The average Bonchev–Trinajstić information content (AvgIpc) is 3.25. The number of amides is 2. The minimum atomic E-state index is -1.45. The molecule has 0 spiro atoms. The molecule has 2 saturated heterocycles. The SMILES string of the molecule is Cc1c(Cl)cccc1N1CCN(C(=O)Cn2nc(C(=O)N3CC[C@H](O)[C@@H](F)C3)c3c2CCCC3)CC1. The van der Waals surface area contributed by atoms with Gasteiger partial charge in [-0.15, -0.1) is 0 Å². The highest BCUT2D eigenvalue weighted by atomic mass is 35.5. The van der Waals surface area contributed by atoms with Crippen LogP contribution in [0.3, 0.4) is 0 Å². The lowest BCUT2D eigenvalue weighted by Crippen LogP contribution is -2.50. The predicted molar refractivity (Wildman–Crippen MR) is 135 cm³/mol. The molecular formula is C26H33ClFN5O3. The number of anilines is 1. The Hall–Kier alpha value is -2.65. The maximum absolute atomic E-state index is 14.1. The van der Waals surface area contributed by atoms with Crippen molar-refractivity contribution in [3.05, 3.63) is 45.7 Å². The number of rotatable bonds is 4. The summed E-state index contributed by atoms with van der Waals surface area (Å²) in [6.45, 7) is 4.93. The van der Waals surface area contributed by atoms with E-state index in [1.165, 1.54) is 4.90 Å². The first kappa shape index (κ1) is 25.0. The molecule has 0 saturated carbocycles. The molecule has 3 heterocycles. The first-order valence-electron chi connectivity index (χ1n) is 12.8. The van der Waals surface area contributed by atoms with Gasteiger partial charge in [0.15, 0.2) is 5.69 Å². The van der Waals surface area contributed by atoms with Crippen LogP contribution in [0.2, 0.25) is 5.02 Å². The van der Waals surface area contributed by atoms with Gasteiger partial charge in [0.25, 0.3) is 5.91 Å². The number of fused-ring (bicyclic) bond motifs is 1. The number of benzene rings is 1.